The predicted octanol–water partition coefficient (Wildman–Crippen LogP) is 4.38. The topological polar surface area (TPSA) is 38.7 Å². The molecule has 0 aliphatic heterocycles. The molecule has 114 valence electrons. The van der Waals surface area contributed by atoms with Gasteiger partial charge in [-0.05, 0) is 0 Å². The summed E-state index contributed by atoms with van der Waals surface area (Å²) in [4.78, 5) is 11.5. The Hall–Kier alpha value is -0.730. The van der Waals surface area contributed by atoms with Crippen molar-refractivity contribution in [2.24, 2.45) is 0 Å². The van der Waals surface area contributed by atoms with Gasteiger partial charge in [0.2, 0.25) is 0 Å². The van der Waals surface area contributed by atoms with Crippen LogP contribution >= 0.6 is 7.28 Å². The molecule has 0 aromatic heterocycles. The van der Waals surface area contributed by atoms with Gasteiger partial charge in [0.05, 0.1) is 0 Å². The molecule has 0 unspecified atom stereocenters. The summed E-state index contributed by atoms with van der Waals surface area (Å²) < 4.78 is 12.1. The molecule has 0 bridgehead atoms. The maximum absolute atomic E-state index is 11.5. The van der Waals surface area contributed by atoms with E-state index >= 15 is 0 Å². The van der Waals surface area contributed by atoms with E-state index in [9.17, 15) is 4.89 Å². The van der Waals surface area contributed by atoms with Crippen LogP contribution in [0.15, 0.2) is 42.7 Å². The Morgan fingerprint density at radius 3 is 1.65 bits per heavy atom. The Kier molecular flexibility index (Phi) is 4.53. The van der Waals surface area contributed by atoms with Gasteiger partial charge in [-0.1, -0.05) is 0 Å². The van der Waals surface area contributed by atoms with Gasteiger partial charge in [-0.3, -0.25) is 0 Å². The summed E-state index contributed by atoms with van der Waals surface area (Å²) in [5.41, 5.74) is -1.14. The van der Waals surface area contributed by atoms with Crippen molar-refractivity contribution in [3.63, 3.8) is 0 Å². The van der Waals surface area contributed by atoms with E-state index in [4.69, 9.17) is 9.05 Å². The second kappa shape index (κ2) is 5.23. The minimum atomic E-state index is -4.15. The van der Waals surface area contributed by atoms with Crippen molar-refractivity contribution in [2.45, 2.75) is 52.7 Å². The first-order chi connectivity index (χ1) is 8.88. The fraction of sp³-hybridized carbons (Fsp3) is 0.500. The van der Waals surface area contributed by atoms with E-state index in [1.54, 1.807) is 0 Å². The van der Waals surface area contributed by atoms with Crippen molar-refractivity contribution in [1.29, 1.82) is 0 Å². The first kappa shape index (κ1) is 17.3. The van der Waals surface area contributed by atoms with Gasteiger partial charge in [-0.25, -0.2) is 0 Å². The zero-order chi connectivity index (χ0) is 15.7. The Bertz CT molecular complexity index is 453. The van der Waals surface area contributed by atoms with Gasteiger partial charge in [-0.2, -0.15) is 0 Å². The number of benzene rings is 1. The zero-order valence-corrected chi connectivity index (χ0v) is 14.3. The minimum absolute atomic E-state index is 0.568. The number of hydrogen-bond acceptors (Lipinski definition) is 3. The van der Waals surface area contributed by atoms with Crippen LogP contribution in [-0.4, -0.2) is 16.1 Å². The van der Waals surface area contributed by atoms with Crippen LogP contribution in [0.2, 0.25) is 0 Å². The molecule has 0 fully saturated rings. The molecule has 0 amide bonds. The summed E-state index contributed by atoms with van der Waals surface area (Å²) in [7, 11) is -4.15. The van der Waals surface area contributed by atoms with E-state index < -0.39 is 18.5 Å². The van der Waals surface area contributed by atoms with Gasteiger partial charge in [0, 0.05) is 0 Å². The molecular formula is C16H27O3P. The molecule has 20 heavy (non-hydrogen) atoms. The predicted molar refractivity (Wildman–Crippen MR) is 87.1 cm³/mol. The van der Waals surface area contributed by atoms with E-state index in [0.717, 1.165) is 0 Å². The second-order valence-corrected chi connectivity index (χ2v) is 10.1. The molecule has 0 heterocycles. The molecule has 1 rings (SSSR count). The van der Waals surface area contributed by atoms with Crippen LogP contribution in [-0.2, 0) is 9.05 Å². The second-order valence-electron chi connectivity index (χ2n) is 6.90. The standard InChI is InChI=1S/C16H27O3P/c1-8-20(17,18-15(2,3)4,19-16(5,6)7)14-12-10-9-11-13-14/h8-13,17H,1H2,2-7H3. The van der Waals surface area contributed by atoms with Crippen molar-refractivity contribution in [1.82, 2.24) is 0 Å². The fourth-order valence-corrected chi connectivity index (χ4v) is 5.51. The zero-order valence-electron chi connectivity index (χ0n) is 13.4. The van der Waals surface area contributed by atoms with Crippen LogP contribution in [0.25, 0.3) is 0 Å². The first-order valence-electron chi connectivity index (χ1n) is 6.77. The third-order valence-electron chi connectivity index (χ3n) is 2.45. The summed E-state index contributed by atoms with van der Waals surface area (Å²) >= 11 is 0. The summed E-state index contributed by atoms with van der Waals surface area (Å²) in [6.45, 7) is 15.2. The first-order valence-corrected chi connectivity index (χ1v) is 8.87. The molecule has 0 saturated heterocycles. The molecule has 0 atom stereocenters. The van der Waals surface area contributed by atoms with Crippen molar-refractivity contribution >= 4 is 12.6 Å². The van der Waals surface area contributed by atoms with Crippen LogP contribution in [0.5, 0.6) is 0 Å². The molecule has 1 N–H and O–H groups in total. The molecule has 0 radical (unpaired) electrons. The van der Waals surface area contributed by atoms with Crippen molar-refractivity contribution in [3.8, 4) is 0 Å². The van der Waals surface area contributed by atoms with E-state index in [2.05, 4.69) is 6.58 Å². The van der Waals surface area contributed by atoms with Crippen LogP contribution in [0, 0.1) is 0 Å². The van der Waals surface area contributed by atoms with Gasteiger partial charge >= 0.3 is 122 Å². The Labute approximate surface area is 122 Å². The SMILES string of the molecule is C=CP(O)(OC(C)(C)C)(OC(C)(C)C)c1ccccc1. The molecular weight excluding hydrogens is 271 g/mol. The summed E-state index contributed by atoms with van der Waals surface area (Å²) in [5, 5.41) is 0.623. The Morgan fingerprint density at radius 1 is 0.950 bits per heavy atom. The van der Waals surface area contributed by atoms with Crippen LogP contribution in [0.1, 0.15) is 41.5 Å². The number of rotatable bonds is 4. The molecule has 4 heteroatoms. The summed E-state index contributed by atoms with van der Waals surface area (Å²) in [5.74, 6) is 1.44. The van der Waals surface area contributed by atoms with Crippen molar-refractivity contribution in [3.05, 3.63) is 42.7 Å². The van der Waals surface area contributed by atoms with Gasteiger partial charge < -0.3 is 0 Å². The quantitative estimate of drug-likeness (QED) is 0.839. The average Bonchev–Trinajstić information content (AvgIpc) is 2.26. The van der Waals surface area contributed by atoms with E-state index in [1.807, 2.05) is 71.9 Å². The molecule has 0 saturated carbocycles. The van der Waals surface area contributed by atoms with Crippen molar-refractivity contribution < 1.29 is 13.9 Å². The Morgan fingerprint density at radius 2 is 1.35 bits per heavy atom. The van der Waals surface area contributed by atoms with Gasteiger partial charge in [-0.15, -0.1) is 0 Å². The third kappa shape index (κ3) is 4.13. The monoisotopic (exact) mass is 298 g/mol. The summed E-state index contributed by atoms with van der Waals surface area (Å²) in [6, 6.07) is 9.24. The molecule has 0 spiro atoms. The normalized spacial score (nSPS) is 15.4. The maximum atomic E-state index is 11.5. The fourth-order valence-electron chi connectivity index (χ4n) is 2.07. The average molecular weight is 298 g/mol. The van der Waals surface area contributed by atoms with Crippen LogP contribution in [0.3, 0.4) is 0 Å². The summed E-state index contributed by atoms with van der Waals surface area (Å²) in [6.07, 6.45) is 0. The van der Waals surface area contributed by atoms with E-state index in [0.29, 0.717) is 5.30 Å². The molecule has 3 nitrogen and oxygen atoms in total. The van der Waals surface area contributed by atoms with E-state index in [1.165, 1.54) is 5.82 Å². The van der Waals surface area contributed by atoms with Crippen LogP contribution < -0.4 is 5.30 Å². The molecule has 1 aromatic carbocycles. The van der Waals surface area contributed by atoms with Crippen molar-refractivity contribution in [2.75, 3.05) is 0 Å². The van der Waals surface area contributed by atoms with Crippen LogP contribution in [0.4, 0.5) is 0 Å². The van der Waals surface area contributed by atoms with Gasteiger partial charge in [0.15, 0.2) is 0 Å². The molecule has 0 aliphatic rings. The third-order valence-corrected chi connectivity index (χ3v) is 6.15. The molecule has 1 aromatic rings. The molecule has 0 aliphatic carbocycles. The van der Waals surface area contributed by atoms with E-state index in [-0.39, 0.29) is 0 Å². The number of hydrogen-bond donors (Lipinski definition) is 1. The van der Waals surface area contributed by atoms with Gasteiger partial charge in [0.25, 0.3) is 0 Å². The Balaban J connectivity index is 3.49. The van der Waals surface area contributed by atoms with Gasteiger partial charge in [0.1, 0.15) is 0 Å².